The number of hydrogen-bond acceptors (Lipinski definition) is 3. The first-order chi connectivity index (χ1) is 8.76. The molecule has 0 bridgehead atoms. The topological polar surface area (TPSA) is 15.3 Å². The maximum Gasteiger partial charge on any atom is 0.0107 e. The molecule has 0 radical (unpaired) electrons. The van der Waals surface area contributed by atoms with Crippen molar-refractivity contribution in [3.05, 3.63) is 29.8 Å². The number of hydrogen-bond donors (Lipinski definition) is 1. The highest BCUT2D eigenvalue weighted by atomic mass is 32.2. The molecular formula is C15H26N2S. The highest BCUT2D eigenvalue weighted by molar-refractivity contribution is 7.99. The van der Waals surface area contributed by atoms with Crippen LogP contribution < -0.4 is 5.32 Å². The fourth-order valence-corrected chi connectivity index (χ4v) is 2.59. The van der Waals surface area contributed by atoms with E-state index in [1.165, 1.54) is 10.5 Å². The van der Waals surface area contributed by atoms with Crippen molar-refractivity contribution in [2.24, 2.45) is 0 Å². The van der Waals surface area contributed by atoms with Crippen molar-refractivity contribution in [1.29, 1.82) is 0 Å². The van der Waals surface area contributed by atoms with E-state index >= 15 is 0 Å². The maximum absolute atomic E-state index is 3.50. The number of nitrogens with one attached hydrogen (secondary N) is 1. The van der Waals surface area contributed by atoms with Gasteiger partial charge in [-0.25, -0.2) is 0 Å². The van der Waals surface area contributed by atoms with Crippen LogP contribution >= 0.6 is 11.8 Å². The van der Waals surface area contributed by atoms with E-state index in [1.807, 2.05) is 11.8 Å². The number of rotatable bonds is 9. The zero-order valence-corrected chi connectivity index (χ0v) is 12.7. The van der Waals surface area contributed by atoms with Gasteiger partial charge in [0, 0.05) is 30.3 Å². The van der Waals surface area contributed by atoms with E-state index in [9.17, 15) is 0 Å². The van der Waals surface area contributed by atoms with Crippen LogP contribution in [0.3, 0.4) is 0 Å². The molecule has 1 N–H and O–H groups in total. The second kappa shape index (κ2) is 9.42. The number of benzene rings is 1. The zero-order chi connectivity index (χ0) is 13.2. The Morgan fingerprint density at radius 2 is 1.72 bits per heavy atom. The Morgan fingerprint density at radius 3 is 2.33 bits per heavy atom. The largest absolute Gasteiger partial charge is 0.315 e. The molecule has 0 aliphatic heterocycles. The van der Waals surface area contributed by atoms with Crippen molar-refractivity contribution in [3.63, 3.8) is 0 Å². The molecule has 1 rings (SSSR count). The van der Waals surface area contributed by atoms with Crippen LogP contribution in [0, 0.1) is 6.92 Å². The molecule has 1 aromatic carbocycles. The van der Waals surface area contributed by atoms with Crippen LogP contribution in [0.5, 0.6) is 0 Å². The highest BCUT2D eigenvalue weighted by Gasteiger charge is 1.97. The average Bonchev–Trinajstić information content (AvgIpc) is 2.40. The molecule has 18 heavy (non-hydrogen) atoms. The molecule has 0 unspecified atom stereocenters. The summed E-state index contributed by atoms with van der Waals surface area (Å²) in [6.07, 6.45) is 0. The summed E-state index contributed by atoms with van der Waals surface area (Å²) >= 11 is 1.92. The van der Waals surface area contributed by atoms with Crippen molar-refractivity contribution in [1.82, 2.24) is 10.2 Å². The van der Waals surface area contributed by atoms with E-state index in [-0.39, 0.29) is 0 Å². The summed E-state index contributed by atoms with van der Waals surface area (Å²) in [5.74, 6) is 1.14. The molecular weight excluding hydrogens is 240 g/mol. The lowest BCUT2D eigenvalue weighted by atomic mass is 10.2. The van der Waals surface area contributed by atoms with Crippen molar-refractivity contribution >= 4 is 11.8 Å². The molecule has 0 heterocycles. The van der Waals surface area contributed by atoms with Gasteiger partial charge < -0.3 is 10.2 Å². The van der Waals surface area contributed by atoms with Gasteiger partial charge in [0.15, 0.2) is 0 Å². The van der Waals surface area contributed by atoms with Gasteiger partial charge in [-0.3, -0.25) is 0 Å². The quantitative estimate of drug-likeness (QED) is 0.546. The van der Waals surface area contributed by atoms with Crippen LogP contribution in [0.25, 0.3) is 0 Å². The SMILES string of the molecule is CCN(CC)CCNCCSc1ccc(C)cc1. The van der Waals surface area contributed by atoms with Crippen LogP contribution in [0.15, 0.2) is 29.2 Å². The third kappa shape index (κ3) is 6.43. The minimum atomic E-state index is 1.08. The Hall–Kier alpha value is -0.510. The Balaban J connectivity index is 2.03. The number of aryl methyl sites for hydroxylation is 1. The van der Waals surface area contributed by atoms with Gasteiger partial charge in [-0.2, -0.15) is 0 Å². The second-order valence-electron chi connectivity index (χ2n) is 4.44. The van der Waals surface area contributed by atoms with E-state index in [2.05, 4.69) is 55.3 Å². The first kappa shape index (κ1) is 15.5. The van der Waals surface area contributed by atoms with Gasteiger partial charge in [-0.15, -0.1) is 11.8 Å². The van der Waals surface area contributed by atoms with Gasteiger partial charge in [-0.05, 0) is 32.1 Å². The van der Waals surface area contributed by atoms with Gasteiger partial charge in [0.2, 0.25) is 0 Å². The minimum absolute atomic E-state index is 1.08. The predicted octanol–water partition coefficient (Wildman–Crippen LogP) is 3.02. The van der Waals surface area contributed by atoms with E-state index in [4.69, 9.17) is 0 Å². The molecule has 0 atom stereocenters. The fraction of sp³-hybridized carbons (Fsp3) is 0.600. The van der Waals surface area contributed by atoms with Crippen molar-refractivity contribution in [3.8, 4) is 0 Å². The summed E-state index contributed by atoms with van der Waals surface area (Å²) < 4.78 is 0. The van der Waals surface area contributed by atoms with E-state index in [1.54, 1.807) is 0 Å². The normalized spacial score (nSPS) is 11.1. The van der Waals surface area contributed by atoms with E-state index in [0.717, 1.165) is 38.5 Å². The van der Waals surface area contributed by atoms with Crippen molar-refractivity contribution in [2.45, 2.75) is 25.7 Å². The fourth-order valence-electron chi connectivity index (χ4n) is 1.78. The highest BCUT2D eigenvalue weighted by Crippen LogP contribution is 2.17. The molecule has 0 amide bonds. The molecule has 0 saturated heterocycles. The predicted molar refractivity (Wildman–Crippen MR) is 82.6 cm³/mol. The van der Waals surface area contributed by atoms with E-state index < -0.39 is 0 Å². The number of likely N-dealkylation sites (N-methyl/N-ethyl adjacent to an activating group) is 1. The molecule has 0 spiro atoms. The standard InChI is InChI=1S/C15H26N2S/c1-4-17(5-2)12-10-16-11-13-18-15-8-6-14(3)7-9-15/h6-9,16H,4-5,10-13H2,1-3H3. The summed E-state index contributed by atoms with van der Waals surface area (Å²) in [5.41, 5.74) is 1.33. The third-order valence-electron chi connectivity index (χ3n) is 3.07. The summed E-state index contributed by atoms with van der Waals surface area (Å²) in [6.45, 7) is 12.2. The van der Waals surface area contributed by atoms with Crippen LogP contribution in [-0.2, 0) is 0 Å². The third-order valence-corrected chi connectivity index (χ3v) is 4.08. The zero-order valence-electron chi connectivity index (χ0n) is 11.9. The average molecular weight is 266 g/mol. The van der Waals surface area contributed by atoms with Gasteiger partial charge >= 0.3 is 0 Å². The molecule has 1 aromatic rings. The molecule has 2 nitrogen and oxygen atoms in total. The molecule has 0 aromatic heterocycles. The smallest absolute Gasteiger partial charge is 0.0107 e. The maximum atomic E-state index is 3.50. The van der Waals surface area contributed by atoms with E-state index in [0.29, 0.717) is 0 Å². The first-order valence-corrected chi connectivity index (χ1v) is 7.87. The Labute approximate surface area is 116 Å². The molecule has 102 valence electrons. The molecule has 3 heteroatoms. The van der Waals surface area contributed by atoms with Gasteiger partial charge in [-0.1, -0.05) is 31.5 Å². The van der Waals surface area contributed by atoms with Crippen molar-refractivity contribution < 1.29 is 0 Å². The summed E-state index contributed by atoms with van der Waals surface area (Å²) in [6, 6.07) is 8.76. The number of thioether (sulfide) groups is 1. The Kier molecular flexibility index (Phi) is 8.14. The van der Waals surface area contributed by atoms with Gasteiger partial charge in [0.1, 0.15) is 0 Å². The Bertz CT molecular complexity index is 307. The first-order valence-electron chi connectivity index (χ1n) is 6.88. The molecule has 0 aliphatic carbocycles. The van der Waals surface area contributed by atoms with Crippen LogP contribution in [0.1, 0.15) is 19.4 Å². The molecule has 0 saturated carbocycles. The van der Waals surface area contributed by atoms with Crippen LogP contribution in [0.4, 0.5) is 0 Å². The monoisotopic (exact) mass is 266 g/mol. The minimum Gasteiger partial charge on any atom is -0.315 e. The molecule has 0 aliphatic rings. The molecule has 0 fully saturated rings. The summed E-state index contributed by atoms with van der Waals surface area (Å²) in [4.78, 5) is 3.81. The summed E-state index contributed by atoms with van der Waals surface area (Å²) in [5, 5.41) is 3.50. The lowest BCUT2D eigenvalue weighted by Gasteiger charge is -2.17. The van der Waals surface area contributed by atoms with Gasteiger partial charge in [0.05, 0.1) is 0 Å². The van der Waals surface area contributed by atoms with Crippen LogP contribution in [0.2, 0.25) is 0 Å². The van der Waals surface area contributed by atoms with Crippen molar-refractivity contribution in [2.75, 3.05) is 38.5 Å². The van der Waals surface area contributed by atoms with Crippen LogP contribution in [-0.4, -0.2) is 43.4 Å². The summed E-state index contributed by atoms with van der Waals surface area (Å²) in [7, 11) is 0. The lowest BCUT2D eigenvalue weighted by Crippen LogP contribution is -2.32. The number of nitrogens with zero attached hydrogens (tertiary/aromatic N) is 1. The van der Waals surface area contributed by atoms with Gasteiger partial charge in [0.25, 0.3) is 0 Å². The lowest BCUT2D eigenvalue weighted by molar-refractivity contribution is 0.303. The Morgan fingerprint density at radius 1 is 1.06 bits per heavy atom. The second-order valence-corrected chi connectivity index (χ2v) is 5.61.